The minimum atomic E-state index is -2.01. The molecule has 14 heavy (non-hydrogen) atoms. The summed E-state index contributed by atoms with van der Waals surface area (Å²) < 4.78 is 37.8. The summed E-state index contributed by atoms with van der Waals surface area (Å²) in [7, 11) is 0. The van der Waals surface area contributed by atoms with Crippen LogP contribution in [0.1, 0.15) is 10.4 Å². The molecular formula is C8H3F3O3. The molecule has 0 aliphatic carbocycles. The predicted molar refractivity (Wildman–Crippen MR) is 38.3 cm³/mol. The van der Waals surface area contributed by atoms with Gasteiger partial charge in [0.2, 0.25) is 0 Å². The van der Waals surface area contributed by atoms with Crippen LogP contribution < -0.4 is 0 Å². The zero-order chi connectivity index (χ0) is 10.9. The summed E-state index contributed by atoms with van der Waals surface area (Å²) in [5.41, 5.74) is -1.26. The Kier molecular flexibility index (Phi) is 2.55. The molecule has 1 N–H and O–H groups in total. The van der Waals surface area contributed by atoms with E-state index in [1.165, 1.54) is 0 Å². The van der Waals surface area contributed by atoms with E-state index in [1.54, 1.807) is 0 Å². The predicted octanol–water partition coefficient (Wildman–Crippen LogP) is 1.37. The Bertz CT molecular complexity index is 391. The molecule has 0 spiro atoms. The number of hydrogen-bond donors (Lipinski definition) is 1. The Labute approximate surface area is 75.8 Å². The van der Waals surface area contributed by atoms with E-state index in [-0.39, 0.29) is 12.1 Å². The Morgan fingerprint density at radius 3 is 1.86 bits per heavy atom. The first-order chi connectivity index (χ1) is 6.43. The lowest BCUT2D eigenvalue weighted by molar-refractivity contribution is -0.131. The highest BCUT2D eigenvalue weighted by Crippen LogP contribution is 2.15. The van der Waals surface area contributed by atoms with Gasteiger partial charge in [0.05, 0.1) is 0 Å². The fourth-order valence-corrected chi connectivity index (χ4v) is 0.866. The number of carbonyl (C=O) groups excluding carboxylic acids is 1. The van der Waals surface area contributed by atoms with E-state index in [0.717, 1.165) is 0 Å². The monoisotopic (exact) mass is 204 g/mol. The number of carbonyl (C=O) groups is 2. The molecule has 0 saturated carbocycles. The molecule has 6 heteroatoms. The smallest absolute Gasteiger partial charge is 0.377 e. The quantitative estimate of drug-likeness (QED) is 0.584. The molecule has 3 nitrogen and oxygen atoms in total. The molecular weight excluding hydrogens is 201 g/mol. The second-order valence-electron chi connectivity index (χ2n) is 2.38. The highest BCUT2D eigenvalue weighted by atomic mass is 19.1. The maximum atomic E-state index is 12.8. The van der Waals surface area contributed by atoms with Crippen LogP contribution in [0.3, 0.4) is 0 Å². The van der Waals surface area contributed by atoms with Crippen LogP contribution in [0.5, 0.6) is 0 Å². The van der Waals surface area contributed by atoms with E-state index in [0.29, 0.717) is 0 Å². The number of Topliss-reactive ketones (excluding diaryl/α,β-unsaturated/α-hetero) is 1. The van der Waals surface area contributed by atoms with Crippen molar-refractivity contribution >= 4 is 11.8 Å². The Hall–Kier alpha value is -1.85. The SMILES string of the molecule is O=C(O)C(=O)c1c(F)cc(F)cc1F. The molecule has 0 aliphatic rings. The van der Waals surface area contributed by atoms with Crippen molar-refractivity contribution in [2.24, 2.45) is 0 Å². The number of hydrogen-bond acceptors (Lipinski definition) is 2. The van der Waals surface area contributed by atoms with E-state index in [4.69, 9.17) is 5.11 Å². The minimum Gasteiger partial charge on any atom is -0.475 e. The van der Waals surface area contributed by atoms with Gasteiger partial charge in [-0.2, -0.15) is 0 Å². The molecule has 0 aromatic heterocycles. The molecule has 0 saturated heterocycles. The van der Waals surface area contributed by atoms with Crippen LogP contribution in [0.15, 0.2) is 12.1 Å². The van der Waals surface area contributed by atoms with Gasteiger partial charge in [0.1, 0.15) is 23.0 Å². The first kappa shape index (κ1) is 10.2. The summed E-state index contributed by atoms with van der Waals surface area (Å²) in [4.78, 5) is 20.8. The first-order valence-corrected chi connectivity index (χ1v) is 3.35. The van der Waals surface area contributed by atoms with E-state index < -0.39 is 34.8 Å². The van der Waals surface area contributed by atoms with Gasteiger partial charge >= 0.3 is 5.97 Å². The van der Waals surface area contributed by atoms with Crippen molar-refractivity contribution in [2.45, 2.75) is 0 Å². The van der Waals surface area contributed by atoms with Gasteiger partial charge in [-0.25, -0.2) is 18.0 Å². The molecule has 1 aromatic carbocycles. The molecule has 0 unspecified atom stereocenters. The average molecular weight is 204 g/mol. The molecule has 74 valence electrons. The normalized spacial score (nSPS) is 9.93. The maximum Gasteiger partial charge on any atom is 0.377 e. The minimum absolute atomic E-state index is 0.235. The number of rotatable bonds is 2. The molecule has 0 radical (unpaired) electrons. The zero-order valence-corrected chi connectivity index (χ0v) is 6.55. The molecule has 0 heterocycles. The highest BCUT2D eigenvalue weighted by Gasteiger charge is 2.24. The van der Waals surface area contributed by atoms with Crippen LogP contribution in [0, 0.1) is 17.5 Å². The average Bonchev–Trinajstić information content (AvgIpc) is 2.01. The Morgan fingerprint density at radius 1 is 1.07 bits per heavy atom. The van der Waals surface area contributed by atoms with Crippen LogP contribution in [0.4, 0.5) is 13.2 Å². The van der Waals surface area contributed by atoms with Crippen molar-refractivity contribution in [1.29, 1.82) is 0 Å². The lowest BCUT2D eigenvalue weighted by Crippen LogP contribution is -2.16. The number of aliphatic carboxylic acids is 1. The largest absolute Gasteiger partial charge is 0.475 e. The molecule has 1 rings (SSSR count). The van der Waals surface area contributed by atoms with Gasteiger partial charge in [0.15, 0.2) is 0 Å². The van der Waals surface area contributed by atoms with Crippen LogP contribution in [-0.4, -0.2) is 16.9 Å². The standard InChI is InChI=1S/C8H3F3O3/c9-3-1-4(10)6(5(11)2-3)7(12)8(13)14/h1-2H,(H,13,14). The summed E-state index contributed by atoms with van der Waals surface area (Å²) >= 11 is 0. The van der Waals surface area contributed by atoms with Gasteiger partial charge in [0.25, 0.3) is 5.78 Å². The molecule has 0 atom stereocenters. The van der Waals surface area contributed by atoms with Gasteiger partial charge in [-0.3, -0.25) is 4.79 Å². The van der Waals surface area contributed by atoms with Crippen molar-refractivity contribution in [2.75, 3.05) is 0 Å². The maximum absolute atomic E-state index is 12.8. The van der Waals surface area contributed by atoms with Gasteiger partial charge in [0, 0.05) is 12.1 Å². The van der Waals surface area contributed by atoms with E-state index in [2.05, 4.69) is 0 Å². The number of carboxylic acids is 1. The van der Waals surface area contributed by atoms with Gasteiger partial charge in [-0.1, -0.05) is 0 Å². The van der Waals surface area contributed by atoms with Crippen LogP contribution >= 0.6 is 0 Å². The molecule has 0 amide bonds. The van der Waals surface area contributed by atoms with Gasteiger partial charge < -0.3 is 5.11 Å². The van der Waals surface area contributed by atoms with Crippen LogP contribution in [0.2, 0.25) is 0 Å². The summed E-state index contributed by atoms with van der Waals surface area (Å²) in [6.07, 6.45) is 0. The fourth-order valence-electron chi connectivity index (χ4n) is 0.866. The fraction of sp³-hybridized carbons (Fsp3) is 0. The van der Waals surface area contributed by atoms with Gasteiger partial charge in [-0.15, -0.1) is 0 Å². The molecule has 0 fully saturated rings. The molecule has 0 aliphatic heterocycles. The second kappa shape index (κ2) is 3.49. The third-order valence-corrected chi connectivity index (χ3v) is 1.43. The number of benzene rings is 1. The summed E-state index contributed by atoms with van der Waals surface area (Å²) in [5.74, 6) is -8.04. The summed E-state index contributed by atoms with van der Waals surface area (Å²) in [5, 5.41) is 8.18. The number of ketones is 1. The van der Waals surface area contributed by atoms with Crippen molar-refractivity contribution in [3.05, 3.63) is 35.1 Å². The van der Waals surface area contributed by atoms with Gasteiger partial charge in [-0.05, 0) is 0 Å². The highest BCUT2D eigenvalue weighted by molar-refractivity contribution is 6.39. The van der Waals surface area contributed by atoms with Crippen molar-refractivity contribution < 1.29 is 27.9 Å². The number of halogens is 3. The number of carboxylic acid groups (broad SMARTS) is 1. The van der Waals surface area contributed by atoms with E-state index in [1.807, 2.05) is 0 Å². The van der Waals surface area contributed by atoms with E-state index >= 15 is 0 Å². The zero-order valence-electron chi connectivity index (χ0n) is 6.55. The molecule has 1 aromatic rings. The first-order valence-electron chi connectivity index (χ1n) is 3.35. The topological polar surface area (TPSA) is 54.4 Å². The lowest BCUT2D eigenvalue weighted by atomic mass is 10.1. The summed E-state index contributed by atoms with van der Waals surface area (Å²) in [6, 6.07) is 0.471. The molecule has 0 bridgehead atoms. The van der Waals surface area contributed by atoms with Crippen molar-refractivity contribution in [3.63, 3.8) is 0 Å². The Balaban J connectivity index is 3.35. The second-order valence-corrected chi connectivity index (χ2v) is 2.38. The lowest BCUT2D eigenvalue weighted by Gasteiger charge is -2.00. The van der Waals surface area contributed by atoms with Crippen LogP contribution in [-0.2, 0) is 4.79 Å². The Morgan fingerprint density at radius 2 is 1.50 bits per heavy atom. The van der Waals surface area contributed by atoms with Crippen molar-refractivity contribution in [1.82, 2.24) is 0 Å². The van der Waals surface area contributed by atoms with E-state index in [9.17, 15) is 22.8 Å². The summed E-state index contributed by atoms with van der Waals surface area (Å²) in [6.45, 7) is 0. The third kappa shape index (κ3) is 1.73. The third-order valence-electron chi connectivity index (χ3n) is 1.43. The van der Waals surface area contributed by atoms with Crippen LogP contribution in [0.25, 0.3) is 0 Å². The van der Waals surface area contributed by atoms with Crippen molar-refractivity contribution in [3.8, 4) is 0 Å².